The number of amides is 1. The molecule has 0 aliphatic carbocycles. The summed E-state index contributed by atoms with van der Waals surface area (Å²) in [5.41, 5.74) is 4.38. The number of hydrogen-bond donors (Lipinski definition) is 2. The van der Waals surface area contributed by atoms with Crippen molar-refractivity contribution >= 4 is 17.3 Å². The fourth-order valence-corrected chi connectivity index (χ4v) is 3.50. The van der Waals surface area contributed by atoms with Crippen molar-refractivity contribution in [2.75, 3.05) is 0 Å². The number of carbonyl (C=O) groups is 1. The number of benzene rings is 2. The molecular formula is C21H16F3N3O2. The molecule has 0 saturated carbocycles. The molecule has 1 amide bonds. The van der Waals surface area contributed by atoms with E-state index in [9.17, 15) is 18.0 Å². The van der Waals surface area contributed by atoms with Gasteiger partial charge in [-0.05, 0) is 24.1 Å². The zero-order valence-corrected chi connectivity index (χ0v) is 15.1. The predicted molar refractivity (Wildman–Crippen MR) is 101 cm³/mol. The maximum absolute atomic E-state index is 13.1. The van der Waals surface area contributed by atoms with Crippen LogP contribution in [0.4, 0.5) is 13.2 Å². The van der Waals surface area contributed by atoms with Gasteiger partial charge < -0.3 is 0 Å². The Bertz CT molecular complexity index is 1050. The number of hydrogen-bond acceptors (Lipinski definition) is 4. The lowest BCUT2D eigenvalue weighted by molar-refractivity contribution is -0.0928. The summed E-state index contributed by atoms with van der Waals surface area (Å²) >= 11 is 0. The van der Waals surface area contributed by atoms with E-state index in [1.807, 2.05) is 24.3 Å². The highest BCUT2D eigenvalue weighted by Crippen LogP contribution is 2.33. The molecule has 2 aliphatic rings. The third-order valence-electron chi connectivity index (χ3n) is 4.92. The van der Waals surface area contributed by atoms with E-state index in [4.69, 9.17) is 10.2 Å². The summed E-state index contributed by atoms with van der Waals surface area (Å²) in [6, 6.07) is 13.4. The molecule has 2 heterocycles. The molecule has 2 N–H and O–H groups in total. The van der Waals surface area contributed by atoms with Gasteiger partial charge in [0.25, 0.3) is 5.91 Å². The van der Waals surface area contributed by atoms with E-state index in [-0.39, 0.29) is 18.4 Å². The Morgan fingerprint density at radius 1 is 1.10 bits per heavy atom. The van der Waals surface area contributed by atoms with Crippen LogP contribution in [0.3, 0.4) is 0 Å². The molecule has 0 aromatic heterocycles. The average molecular weight is 399 g/mol. The summed E-state index contributed by atoms with van der Waals surface area (Å²) in [4.78, 5) is 20.2. The second kappa shape index (κ2) is 7.29. The average Bonchev–Trinajstić information content (AvgIpc) is 2.88. The molecule has 2 aliphatic heterocycles. The van der Waals surface area contributed by atoms with E-state index in [2.05, 4.69) is 4.99 Å². The van der Waals surface area contributed by atoms with Crippen LogP contribution in [0.5, 0.6) is 0 Å². The zero-order chi connectivity index (χ0) is 20.6. The number of alkyl halides is 3. The molecule has 0 radical (unpaired) electrons. The van der Waals surface area contributed by atoms with E-state index in [0.29, 0.717) is 11.4 Å². The Balaban J connectivity index is 1.79. The van der Waals surface area contributed by atoms with Gasteiger partial charge in [-0.3, -0.25) is 20.0 Å². The van der Waals surface area contributed by atoms with Crippen molar-refractivity contribution in [2.24, 2.45) is 9.98 Å². The second-order valence-electron chi connectivity index (χ2n) is 6.77. The number of carbonyl (C=O) groups excluding carboxylic acids is 1. The highest BCUT2D eigenvalue weighted by molar-refractivity contribution is 6.16. The van der Waals surface area contributed by atoms with Crippen LogP contribution in [0.25, 0.3) is 0 Å². The molecule has 29 heavy (non-hydrogen) atoms. The monoisotopic (exact) mass is 399 g/mol. The molecule has 0 bridgehead atoms. The molecule has 148 valence electrons. The van der Waals surface area contributed by atoms with Crippen molar-refractivity contribution in [3.63, 3.8) is 0 Å². The number of hydroxylamine groups is 1. The van der Waals surface area contributed by atoms with Crippen LogP contribution in [-0.2, 0) is 6.42 Å². The molecule has 8 heteroatoms. The van der Waals surface area contributed by atoms with Gasteiger partial charge in [0.1, 0.15) is 5.70 Å². The normalized spacial score (nSPS) is 18.5. The van der Waals surface area contributed by atoms with Gasteiger partial charge in [-0.1, -0.05) is 42.5 Å². The van der Waals surface area contributed by atoms with E-state index in [1.165, 1.54) is 0 Å². The minimum Gasteiger partial charge on any atom is -0.288 e. The largest absolute Gasteiger partial charge is 0.433 e. The molecule has 0 saturated heterocycles. The number of nitrogens with zero attached hydrogens (tertiary/aromatic N) is 2. The fourth-order valence-electron chi connectivity index (χ4n) is 3.50. The molecule has 2 aromatic rings. The number of fused-ring (bicyclic) bond motifs is 2. The highest BCUT2D eigenvalue weighted by Gasteiger charge is 2.37. The molecule has 2 aromatic carbocycles. The van der Waals surface area contributed by atoms with Gasteiger partial charge in [0.15, 0.2) is 0 Å². The van der Waals surface area contributed by atoms with Crippen LogP contribution in [0.15, 0.2) is 70.3 Å². The summed E-state index contributed by atoms with van der Waals surface area (Å²) in [6.45, 7) is 0. The predicted octanol–water partition coefficient (Wildman–Crippen LogP) is 3.86. The summed E-state index contributed by atoms with van der Waals surface area (Å²) in [5, 5.41) is 8.76. The Morgan fingerprint density at radius 2 is 1.83 bits per heavy atom. The summed E-state index contributed by atoms with van der Waals surface area (Å²) < 4.78 is 39.3. The van der Waals surface area contributed by atoms with Crippen LogP contribution >= 0.6 is 0 Å². The van der Waals surface area contributed by atoms with E-state index >= 15 is 0 Å². The molecule has 1 unspecified atom stereocenters. The van der Waals surface area contributed by atoms with Crippen molar-refractivity contribution in [3.05, 3.63) is 82.6 Å². The van der Waals surface area contributed by atoms with Gasteiger partial charge in [-0.15, -0.1) is 0 Å². The number of halogens is 3. The number of allylic oxidation sites excluding steroid dienone is 1. The molecular weight excluding hydrogens is 383 g/mol. The fraction of sp³-hybridized carbons (Fsp3) is 0.190. The van der Waals surface area contributed by atoms with Gasteiger partial charge >= 0.3 is 6.18 Å². The quantitative estimate of drug-likeness (QED) is 0.595. The third-order valence-corrected chi connectivity index (χ3v) is 4.92. The van der Waals surface area contributed by atoms with Gasteiger partial charge in [-0.25, -0.2) is 5.48 Å². The van der Waals surface area contributed by atoms with Gasteiger partial charge in [-0.2, -0.15) is 13.2 Å². The van der Waals surface area contributed by atoms with E-state index in [0.717, 1.165) is 22.8 Å². The lowest BCUT2D eigenvalue weighted by atomic mass is 9.94. The first kappa shape index (κ1) is 19.1. The van der Waals surface area contributed by atoms with Crippen molar-refractivity contribution in [2.45, 2.75) is 25.1 Å². The Hall–Kier alpha value is -3.26. The number of aliphatic imine (C=N–C) groups is 2. The SMILES string of the molecule is O=C(NO)c1ccc(C2=NC3CC=C(C(F)(F)F)N=C3Cc3ccccc32)cc1. The summed E-state index contributed by atoms with van der Waals surface area (Å²) in [5.74, 6) is -0.633. The maximum Gasteiger partial charge on any atom is 0.433 e. The van der Waals surface area contributed by atoms with Gasteiger partial charge in [0.05, 0.1) is 11.8 Å². The topological polar surface area (TPSA) is 74.0 Å². The zero-order valence-electron chi connectivity index (χ0n) is 15.1. The Kier molecular flexibility index (Phi) is 4.79. The minimum atomic E-state index is -4.49. The smallest absolute Gasteiger partial charge is 0.288 e. The van der Waals surface area contributed by atoms with Crippen LogP contribution in [0.2, 0.25) is 0 Å². The molecule has 1 atom stereocenters. The number of rotatable bonds is 2. The first-order valence-corrected chi connectivity index (χ1v) is 8.92. The van der Waals surface area contributed by atoms with Gasteiger partial charge in [0, 0.05) is 28.8 Å². The van der Waals surface area contributed by atoms with E-state index in [1.54, 1.807) is 29.7 Å². The van der Waals surface area contributed by atoms with Gasteiger partial charge in [0.2, 0.25) is 0 Å². The third kappa shape index (κ3) is 3.71. The summed E-state index contributed by atoms with van der Waals surface area (Å²) in [6.07, 6.45) is -3.00. The molecule has 5 nitrogen and oxygen atoms in total. The molecule has 4 rings (SSSR count). The summed E-state index contributed by atoms with van der Waals surface area (Å²) in [7, 11) is 0. The highest BCUT2D eigenvalue weighted by atomic mass is 19.4. The minimum absolute atomic E-state index is 0.121. The first-order valence-electron chi connectivity index (χ1n) is 8.92. The Labute approximate surface area is 164 Å². The van der Waals surface area contributed by atoms with Crippen LogP contribution in [-0.4, -0.2) is 34.8 Å². The lowest BCUT2D eigenvalue weighted by Gasteiger charge is -2.20. The van der Waals surface area contributed by atoms with Crippen LogP contribution in [0, 0.1) is 0 Å². The first-order chi connectivity index (χ1) is 13.9. The second-order valence-corrected chi connectivity index (χ2v) is 6.77. The molecule has 0 spiro atoms. The van der Waals surface area contributed by atoms with Crippen molar-refractivity contribution in [3.8, 4) is 0 Å². The standard InChI is InChI=1S/C21H16F3N3O2/c22-21(23,24)18-10-9-16-17(25-18)11-14-3-1-2-4-15(14)19(26-16)12-5-7-13(8-6-12)20(28)27-29/h1-8,10,16,29H,9,11H2,(H,27,28). The Morgan fingerprint density at radius 3 is 2.52 bits per heavy atom. The van der Waals surface area contributed by atoms with Crippen molar-refractivity contribution in [1.29, 1.82) is 0 Å². The number of nitrogens with one attached hydrogen (secondary N) is 1. The van der Waals surface area contributed by atoms with Crippen molar-refractivity contribution < 1.29 is 23.2 Å². The van der Waals surface area contributed by atoms with Crippen molar-refractivity contribution in [1.82, 2.24) is 5.48 Å². The van der Waals surface area contributed by atoms with Crippen LogP contribution < -0.4 is 5.48 Å². The lowest BCUT2D eigenvalue weighted by Crippen LogP contribution is -2.26. The molecule has 0 fully saturated rings. The van der Waals surface area contributed by atoms with E-state index < -0.39 is 23.8 Å². The maximum atomic E-state index is 13.1. The van der Waals surface area contributed by atoms with Crippen LogP contribution in [0.1, 0.15) is 33.5 Å².